The number of benzene rings is 1. The van der Waals surface area contributed by atoms with Crippen LogP contribution in [-0.4, -0.2) is 49.5 Å². The summed E-state index contributed by atoms with van der Waals surface area (Å²) in [5.41, 5.74) is 1.32. The number of likely N-dealkylation sites (tertiary alicyclic amines) is 1. The van der Waals surface area contributed by atoms with Gasteiger partial charge in [0, 0.05) is 39.1 Å². The van der Waals surface area contributed by atoms with Crippen molar-refractivity contribution < 1.29 is 4.79 Å². The average molecular weight is 472 g/mol. The monoisotopic (exact) mass is 472 g/mol. The summed E-state index contributed by atoms with van der Waals surface area (Å²) in [6.45, 7) is 6.26. The van der Waals surface area contributed by atoms with Crippen LogP contribution >= 0.6 is 24.0 Å². The lowest BCUT2D eigenvalue weighted by molar-refractivity contribution is -0.130. The van der Waals surface area contributed by atoms with Gasteiger partial charge < -0.3 is 15.5 Å². The van der Waals surface area contributed by atoms with Gasteiger partial charge in [-0.2, -0.15) is 0 Å². The molecule has 1 heterocycles. The van der Waals surface area contributed by atoms with Crippen molar-refractivity contribution in [1.29, 1.82) is 0 Å². The molecule has 2 N–H and O–H groups in total. The van der Waals surface area contributed by atoms with E-state index < -0.39 is 0 Å². The molecule has 1 fully saturated rings. The van der Waals surface area contributed by atoms with Crippen LogP contribution in [0.25, 0.3) is 0 Å². The lowest BCUT2D eigenvalue weighted by Gasteiger charge is -2.20. The molecule has 0 aliphatic carbocycles. The molecule has 0 aromatic heterocycles. The van der Waals surface area contributed by atoms with Gasteiger partial charge in [0.05, 0.1) is 0 Å². The van der Waals surface area contributed by atoms with Crippen LogP contribution in [0.15, 0.2) is 35.3 Å². The average Bonchev–Trinajstić information content (AvgIpc) is 2.84. The summed E-state index contributed by atoms with van der Waals surface area (Å²) in [5.74, 6) is 1.18. The summed E-state index contributed by atoms with van der Waals surface area (Å²) < 4.78 is 0. The molecule has 1 aromatic rings. The zero-order chi connectivity index (χ0) is 17.7. The Kier molecular flexibility index (Phi) is 12.1. The maximum Gasteiger partial charge on any atom is 0.222 e. The summed E-state index contributed by atoms with van der Waals surface area (Å²) in [5, 5.41) is 6.67. The number of guanidine groups is 1. The minimum atomic E-state index is 0. The zero-order valence-corrected chi connectivity index (χ0v) is 18.2. The second-order valence-electron chi connectivity index (χ2n) is 6.47. The highest BCUT2D eigenvalue weighted by atomic mass is 127. The molecule has 5 nitrogen and oxygen atoms in total. The van der Waals surface area contributed by atoms with Crippen LogP contribution in [0.2, 0.25) is 0 Å². The molecule has 0 radical (unpaired) electrons. The summed E-state index contributed by atoms with van der Waals surface area (Å²) >= 11 is 0. The van der Waals surface area contributed by atoms with Crippen molar-refractivity contribution in [3.8, 4) is 0 Å². The van der Waals surface area contributed by atoms with E-state index in [1.165, 1.54) is 12.0 Å². The SMILES string of the molecule is CCNC(=NCCCN1CCCCCC1=O)NCCc1ccccc1.I. The van der Waals surface area contributed by atoms with Crippen molar-refractivity contribution in [2.75, 3.05) is 32.7 Å². The van der Waals surface area contributed by atoms with Crippen molar-refractivity contribution in [2.45, 2.75) is 45.4 Å². The van der Waals surface area contributed by atoms with Crippen molar-refractivity contribution in [2.24, 2.45) is 4.99 Å². The Labute approximate surface area is 175 Å². The van der Waals surface area contributed by atoms with E-state index in [4.69, 9.17) is 0 Å². The molecule has 1 saturated heterocycles. The number of nitrogens with zero attached hydrogens (tertiary/aromatic N) is 2. The molecule has 0 spiro atoms. The lowest BCUT2D eigenvalue weighted by atomic mass is 10.1. The van der Waals surface area contributed by atoms with Gasteiger partial charge in [-0.05, 0) is 38.2 Å². The Hall–Kier alpha value is -1.31. The Balaban J connectivity index is 0.00000338. The Morgan fingerprint density at radius 2 is 1.96 bits per heavy atom. The third kappa shape index (κ3) is 8.87. The van der Waals surface area contributed by atoms with Crippen LogP contribution in [-0.2, 0) is 11.2 Å². The normalized spacial score (nSPS) is 15.2. The van der Waals surface area contributed by atoms with E-state index >= 15 is 0 Å². The highest BCUT2D eigenvalue weighted by molar-refractivity contribution is 14.0. The van der Waals surface area contributed by atoms with Crippen LogP contribution in [0.1, 0.15) is 44.6 Å². The predicted molar refractivity (Wildman–Crippen MR) is 119 cm³/mol. The zero-order valence-electron chi connectivity index (χ0n) is 15.9. The first-order valence-corrected chi connectivity index (χ1v) is 9.63. The molecule has 0 unspecified atom stereocenters. The Bertz CT molecular complexity index is 536. The first-order valence-electron chi connectivity index (χ1n) is 9.63. The van der Waals surface area contributed by atoms with Gasteiger partial charge in [0.2, 0.25) is 5.91 Å². The number of carbonyl (C=O) groups excluding carboxylic acids is 1. The summed E-state index contributed by atoms with van der Waals surface area (Å²) in [7, 11) is 0. The topological polar surface area (TPSA) is 56.7 Å². The second kappa shape index (κ2) is 13.8. The number of halogens is 1. The van der Waals surface area contributed by atoms with E-state index in [1.54, 1.807) is 0 Å². The van der Waals surface area contributed by atoms with E-state index in [0.29, 0.717) is 12.3 Å². The van der Waals surface area contributed by atoms with Gasteiger partial charge >= 0.3 is 0 Å². The third-order valence-corrected chi connectivity index (χ3v) is 4.42. The Morgan fingerprint density at radius 1 is 1.15 bits per heavy atom. The number of nitrogens with one attached hydrogen (secondary N) is 2. The summed E-state index contributed by atoms with van der Waals surface area (Å²) in [6.07, 6.45) is 5.97. The van der Waals surface area contributed by atoms with Crippen LogP contribution in [0.4, 0.5) is 0 Å². The van der Waals surface area contributed by atoms with Gasteiger partial charge in [-0.25, -0.2) is 0 Å². The molecule has 146 valence electrons. The van der Waals surface area contributed by atoms with E-state index in [0.717, 1.165) is 64.4 Å². The molecule has 1 aliphatic heterocycles. The standard InChI is InChI=1S/C20H32N4O.HI/c1-2-21-20(23-15-13-18-10-5-3-6-11-18)22-14-9-17-24-16-8-4-7-12-19(24)25;/h3,5-6,10-11H,2,4,7-9,12-17H2,1H3,(H2,21,22,23);1H. The highest BCUT2D eigenvalue weighted by Crippen LogP contribution is 2.11. The lowest BCUT2D eigenvalue weighted by Crippen LogP contribution is -2.38. The minimum Gasteiger partial charge on any atom is -0.357 e. The van der Waals surface area contributed by atoms with Crippen molar-refractivity contribution in [1.82, 2.24) is 15.5 Å². The number of rotatable bonds is 8. The van der Waals surface area contributed by atoms with Crippen LogP contribution in [0.5, 0.6) is 0 Å². The molecule has 1 amide bonds. The molecular formula is C20H33IN4O. The van der Waals surface area contributed by atoms with E-state index in [-0.39, 0.29) is 24.0 Å². The fourth-order valence-corrected chi connectivity index (χ4v) is 3.04. The predicted octanol–water partition coefficient (Wildman–Crippen LogP) is 3.19. The number of aliphatic imine (C=N–C) groups is 1. The third-order valence-electron chi connectivity index (χ3n) is 4.42. The molecule has 6 heteroatoms. The first-order chi connectivity index (χ1) is 12.3. The second-order valence-corrected chi connectivity index (χ2v) is 6.47. The highest BCUT2D eigenvalue weighted by Gasteiger charge is 2.15. The van der Waals surface area contributed by atoms with Gasteiger partial charge in [-0.15, -0.1) is 24.0 Å². The van der Waals surface area contributed by atoms with Crippen LogP contribution in [0.3, 0.4) is 0 Å². The van der Waals surface area contributed by atoms with Gasteiger partial charge in [-0.3, -0.25) is 9.79 Å². The van der Waals surface area contributed by atoms with E-state index in [2.05, 4.69) is 46.8 Å². The fraction of sp³-hybridized carbons (Fsp3) is 0.600. The molecule has 0 atom stereocenters. The molecule has 1 aromatic carbocycles. The Morgan fingerprint density at radius 3 is 2.73 bits per heavy atom. The van der Waals surface area contributed by atoms with Crippen molar-refractivity contribution in [3.63, 3.8) is 0 Å². The number of hydrogen-bond acceptors (Lipinski definition) is 2. The fourth-order valence-electron chi connectivity index (χ4n) is 3.04. The number of amides is 1. The molecule has 0 saturated carbocycles. The van der Waals surface area contributed by atoms with Crippen LogP contribution in [0, 0.1) is 0 Å². The smallest absolute Gasteiger partial charge is 0.222 e. The molecule has 0 bridgehead atoms. The quantitative estimate of drug-likeness (QED) is 0.265. The van der Waals surface area contributed by atoms with Gasteiger partial charge in [0.15, 0.2) is 5.96 Å². The van der Waals surface area contributed by atoms with Crippen molar-refractivity contribution in [3.05, 3.63) is 35.9 Å². The minimum absolute atomic E-state index is 0. The molecule has 26 heavy (non-hydrogen) atoms. The number of carbonyl (C=O) groups is 1. The maximum absolute atomic E-state index is 12.0. The first kappa shape index (κ1) is 22.7. The maximum atomic E-state index is 12.0. The summed E-state index contributed by atoms with van der Waals surface area (Å²) in [4.78, 5) is 18.6. The molecular weight excluding hydrogens is 439 g/mol. The summed E-state index contributed by atoms with van der Waals surface area (Å²) in [6, 6.07) is 10.5. The van der Waals surface area contributed by atoms with Gasteiger partial charge in [0.1, 0.15) is 0 Å². The molecule has 2 rings (SSSR count). The van der Waals surface area contributed by atoms with E-state index in [1.807, 2.05) is 11.0 Å². The van der Waals surface area contributed by atoms with Crippen molar-refractivity contribution >= 4 is 35.8 Å². The number of hydrogen-bond donors (Lipinski definition) is 2. The van der Waals surface area contributed by atoms with Crippen LogP contribution < -0.4 is 10.6 Å². The van der Waals surface area contributed by atoms with Gasteiger partial charge in [0.25, 0.3) is 0 Å². The van der Waals surface area contributed by atoms with E-state index in [9.17, 15) is 4.79 Å². The molecule has 1 aliphatic rings. The largest absolute Gasteiger partial charge is 0.357 e. The van der Waals surface area contributed by atoms with Gasteiger partial charge in [-0.1, -0.05) is 36.8 Å².